The van der Waals surface area contributed by atoms with E-state index >= 15 is 0 Å². The van der Waals surface area contributed by atoms with E-state index in [2.05, 4.69) is 24.3 Å². The fraction of sp³-hybridized carbons (Fsp3) is 0.125. The number of carbonyl (C=O) groups excluding carboxylic acids is 2. The summed E-state index contributed by atoms with van der Waals surface area (Å²) in [6.07, 6.45) is 8.14. The second kappa shape index (κ2) is 13.4. The van der Waals surface area contributed by atoms with E-state index in [4.69, 9.17) is 0 Å². The van der Waals surface area contributed by atoms with Crippen molar-refractivity contribution in [3.8, 4) is 35.4 Å². The summed E-state index contributed by atoms with van der Waals surface area (Å²) in [7, 11) is 0. The summed E-state index contributed by atoms with van der Waals surface area (Å²) >= 11 is 2.81. The first kappa shape index (κ1) is 37.1. The maximum absolute atomic E-state index is 14.4. The van der Waals surface area contributed by atoms with Crippen molar-refractivity contribution < 1.29 is 27.2 Å². The molecule has 60 heavy (non-hydrogen) atoms. The average molecular weight is 827 g/mol. The minimum absolute atomic E-state index is 0.00451. The van der Waals surface area contributed by atoms with Gasteiger partial charge < -0.3 is 0 Å². The number of hydrogen-bond acceptors (Lipinski definition) is 8. The molecule has 0 bridgehead atoms. The van der Waals surface area contributed by atoms with Gasteiger partial charge in [-0.2, -0.15) is 21.0 Å². The van der Waals surface area contributed by atoms with Crippen molar-refractivity contribution in [3.05, 3.63) is 149 Å². The van der Waals surface area contributed by atoms with Crippen molar-refractivity contribution in [1.29, 1.82) is 21.0 Å². The largest absolute Gasteiger partial charge is 0.289 e. The van der Waals surface area contributed by atoms with E-state index in [-0.39, 0.29) is 61.1 Å². The molecule has 2 aromatic heterocycles. The second-order valence-corrected chi connectivity index (χ2v) is 17.4. The third kappa shape index (κ3) is 5.25. The van der Waals surface area contributed by atoms with Gasteiger partial charge in [-0.05, 0) is 130 Å². The molecule has 0 N–H and O–H groups in total. The van der Waals surface area contributed by atoms with Crippen LogP contribution in [0, 0.1) is 68.6 Å². The number of thiophene rings is 2. The summed E-state index contributed by atoms with van der Waals surface area (Å²) in [5, 5.41) is 40.9. The fourth-order valence-corrected chi connectivity index (χ4v) is 11.6. The Labute approximate surface area is 346 Å². The highest BCUT2D eigenvalue weighted by atomic mass is 32.1. The van der Waals surface area contributed by atoms with Crippen LogP contribution in [0.5, 0.6) is 0 Å². The van der Waals surface area contributed by atoms with Gasteiger partial charge >= 0.3 is 0 Å². The lowest BCUT2D eigenvalue weighted by Gasteiger charge is -2.36. The van der Waals surface area contributed by atoms with E-state index in [1.807, 2.05) is 12.1 Å². The summed E-state index contributed by atoms with van der Waals surface area (Å²) < 4.78 is 59.1. The topological polar surface area (TPSA) is 129 Å². The predicted molar refractivity (Wildman–Crippen MR) is 220 cm³/mol. The molecule has 12 heteroatoms. The molecule has 4 aromatic carbocycles. The molecule has 4 aliphatic carbocycles. The molecule has 286 valence electrons. The number of nitriles is 4. The number of Topliss-reactive ketones (excluding diaryl/α,β-unsaturated/α-hetero) is 2. The van der Waals surface area contributed by atoms with Gasteiger partial charge in [0.05, 0.1) is 0 Å². The van der Waals surface area contributed by atoms with E-state index in [9.17, 15) is 48.2 Å². The Morgan fingerprint density at radius 2 is 0.900 bits per heavy atom. The third-order valence-electron chi connectivity index (χ3n) is 12.1. The zero-order valence-corrected chi connectivity index (χ0v) is 32.5. The van der Waals surface area contributed by atoms with Crippen molar-refractivity contribution in [1.82, 2.24) is 0 Å². The number of nitrogens with zero attached hydrogens (tertiary/aromatic N) is 4. The molecule has 0 saturated heterocycles. The molecule has 0 aliphatic heterocycles. The van der Waals surface area contributed by atoms with Gasteiger partial charge in [-0.1, -0.05) is 19.3 Å². The van der Waals surface area contributed by atoms with E-state index in [1.165, 1.54) is 33.8 Å². The van der Waals surface area contributed by atoms with Crippen LogP contribution in [-0.4, -0.2) is 11.6 Å². The molecule has 0 radical (unpaired) electrons. The normalized spacial score (nSPS) is 17.1. The van der Waals surface area contributed by atoms with Crippen molar-refractivity contribution in [2.75, 3.05) is 0 Å². The van der Waals surface area contributed by atoms with Gasteiger partial charge in [0.1, 0.15) is 35.4 Å². The molecule has 1 spiro atoms. The summed E-state index contributed by atoms with van der Waals surface area (Å²) in [5.74, 6) is -6.03. The predicted octanol–water partition coefficient (Wildman–Crippen LogP) is 12.1. The first-order chi connectivity index (χ1) is 29.0. The Morgan fingerprint density at radius 1 is 0.517 bits per heavy atom. The van der Waals surface area contributed by atoms with Gasteiger partial charge in [0.25, 0.3) is 0 Å². The van der Waals surface area contributed by atoms with Crippen molar-refractivity contribution in [2.45, 2.75) is 37.5 Å². The Hall–Kier alpha value is -7.22. The molecule has 2 heterocycles. The van der Waals surface area contributed by atoms with Crippen molar-refractivity contribution >= 4 is 77.7 Å². The van der Waals surface area contributed by atoms with Crippen LogP contribution in [0.2, 0.25) is 0 Å². The Balaban J connectivity index is 1.10. The van der Waals surface area contributed by atoms with E-state index < -0.39 is 34.8 Å². The van der Waals surface area contributed by atoms with Crippen LogP contribution in [0.4, 0.5) is 17.6 Å². The van der Waals surface area contributed by atoms with E-state index in [0.717, 1.165) is 87.7 Å². The molecule has 10 rings (SSSR count). The zero-order valence-electron chi connectivity index (χ0n) is 30.9. The maximum atomic E-state index is 14.4. The maximum Gasteiger partial charge on any atom is 0.194 e. The van der Waals surface area contributed by atoms with Crippen LogP contribution in [-0.2, 0) is 5.41 Å². The highest BCUT2D eigenvalue weighted by Crippen LogP contribution is 2.58. The number of halogens is 4. The van der Waals surface area contributed by atoms with Crippen LogP contribution in [0.25, 0.3) is 54.6 Å². The summed E-state index contributed by atoms with van der Waals surface area (Å²) in [5.41, 5.74) is 3.16. The highest BCUT2D eigenvalue weighted by molar-refractivity contribution is 7.20. The number of ketones is 2. The first-order valence-electron chi connectivity index (χ1n) is 18.8. The van der Waals surface area contributed by atoms with Gasteiger partial charge in [-0.25, -0.2) is 17.6 Å². The molecular formula is C48H22F4N4O2S2. The van der Waals surface area contributed by atoms with Crippen LogP contribution < -0.4 is 0 Å². The van der Waals surface area contributed by atoms with Gasteiger partial charge in [0.2, 0.25) is 0 Å². The minimum atomic E-state index is -1.21. The molecule has 0 amide bonds. The summed E-state index contributed by atoms with van der Waals surface area (Å²) in [4.78, 5) is 28.5. The van der Waals surface area contributed by atoms with Gasteiger partial charge in [0, 0.05) is 58.0 Å². The van der Waals surface area contributed by atoms with E-state index in [1.54, 1.807) is 36.4 Å². The molecule has 4 aliphatic rings. The Bertz CT molecular complexity index is 3130. The molecule has 0 unspecified atom stereocenters. The lowest BCUT2D eigenvalue weighted by atomic mass is 9.67. The highest BCUT2D eigenvalue weighted by Gasteiger charge is 2.44. The van der Waals surface area contributed by atoms with Gasteiger partial charge in [-0.15, -0.1) is 22.7 Å². The summed E-state index contributed by atoms with van der Waals surface area (Å²) in [6, 6.07) is 23.1. The van der Waals surface area contributed by atoms with Gasteiger partial charge in [-0.3, -0.25) is 9.59 Å². The SMILES string of the molecule is N#CC(C#N)=C1/C(=C/c2cc3cc4c(cc3s2)-c2cc3sc(/C=C5\C(=O)c6cc(F)c(F)cc6C5=C(C#N)C#N)cc3cc2C42CCCCC2)C(=O)c2cc(F)c(F)cc21. The molecule has 1 saturated carbocycles. The zero-order chi connectivity index (χ0) is 41.8. The lowest BCUT2D eigenvalue weighted by Crippen LogP contribution is -2.28. The molecule has 6 aromatic rings. The first-order valence-corrected chi connectivity index (χ1v) is 20.4. The van der Waals surface area contributed by atoms with Crippen molar-refractivity contribution in [2.24, 2.45) is 0 Å². The number of rotatable bonds is 2. The van der Waals surface area contributed by atoms with Crippen LogP contribution in [0.15, 0.2) is 83.0 Å². The van der Waals surface area contributed by atoms with Crippen LogP contribution in [0.1, 0.15) is 84.8 Å². The Kier molecular flexibility index (Phi) is 8.29. The monoisotopic (exact) mass is 826 g/mol. The molecule has 1 fully saturated rings. The number of benzene rings is 4. The van der Waals surface area contributed by atoms with Crippen molar-refractivity contribution in [3.63, 3.8) is 0 Å². The van der Waals surface area contributed by atoms with Gasteiger partial charge in [0.15, 0.2) is 34.8 Å². The molecule has 0 atom stereocenters. The number of carbonyl (C=O) groups is 2. The number of fused-ring (bicyclic) bond motifs is 9. The van der Waals surface area contributed by atoms with Crippen LogP contribution in [0.3, 0.4) is 0 Å². The fourth-order valence-electron chi connectivity index (χ4n) is 9.50. The lowest BCUT2D eigenvalue weighted by molar-refractivity contribution is 0.103. The van der Waals surface area contributed by atoms with Crippen LogP contribution >= 0.6 is 22.7 Å². The number of hydrogen-bond donors (Lipinski definition) is 0. The number of allylic oxidation sites excluding steroid dienone is 6. The third-order valence-corrected chi connectivity index (χ3v) is 14.2. The Morgan fingerprint density at radius 3 is 1.28 bits per heavy atom. The second-order valence-electron chi connectivity index (χ2n) is 15.2. The smallest absolute Gasteiger partial charge is 0.194 e. The molecular weight excluding hydrogens is 805 g/mol. The summed E-state index contributed by atoms with van der Waals surface area (Å²) in [6.45, 7) is 0. The average Bonchev–Trinajstić information content (AvgIpc) is 4.01. The quantitative estimate of drug-likeness (QED) is 0.0971. The molecule has 6 nitrogen and oxygen atoms in total. The standard InChI is InChI=1S/C48H22F4N4O2S2/c49-38-12-30-32(14-40(38)51)46(57)34(44(30)24(18-53)19-54)10-26-6-22-8-36-28(16-42(22)59-26)29-17-43-23(9-37(29)48(36)4-2-1-3-5-48)7-27(60-43)11-35-45(25(20-55)21-56)31-13-39(50)41(52)15-33(31)47(35)58/h6-17H,1-5H2/b34-10-,35-11-. The minimum Gasteiger partial charge on any atom is -0.289 e. The van der Waals surface area contributed by atoms with E-state index in [0.29, 0.717) is 9.75 Å².